The average molecular weight is 240 g/mol. The van der Waals surface area contributed by atoms with Crippen molar-refractivity contribution in [3.05, 3.63) is 0 Å². The Morgan fingerprint density at radius 2 is 2.19 bits per heavy atom. The van der Waals surface area contributed by atoms with Crippen molar-refractivity contribution in [3.8, 4) is 6.07 Å². The Labute approximate surface area is 102 Å². The van der Waals surface area contributed by atoms with E-state index in [0.29, 0.717) is 18.9 Å². The molecular weight excluding hydrogens is 220 g/mol. The fraction of sp³-hybridized carbons (Fsp3) is 0.833. The van der Waals surface area contributed by atoms with E-state index in [1.165, 1.54) is 0 Å². The average Bonchev–Trinajstić information content (AvgIpc) is 2.84. The summed E-state index contributed by atoms with van der Waals surface area (Å²) in [5.74, 6) is 2.14. The van der Waals surface area contributed by atoms with E-state index in [4.69, 9.17) is 0 Å². The molecular formula is C12H20N2OS. The Kier molecular flexibility index (Phi) is 4.67. The molecule has 3 nitrogen and oxygen atoms in total. The largest absolute Gasteiger partial charge is 0.341 e. The van der Waals surface area contributed by atoms with Crippen LogP contribution in [0.25, 0.3) is 0 Å². The van der Waals surface area contributed by atoms with E-state index >= 15 is 0 Å². The molecule has 1 fully saturated rings. The molecule has 0 aliphatic carbocycles. The highest BCUT2D eigenvalue weighted by Gasteiger charge is 2.39. The van der Waals surface area contributed by atoms with Crippen molar-refractivity contribution >= 4 is 17.7 Å². The first-order valence-corrected chi connectivity index (χ1v) is 7.03. The molecule has 0 spiro atoms. The summed E-state index contributed by atoms with van der Waals surface area (Å²) in [7, 11) is 1.84. The topological polar surface area (TPSA) is 44.1 Å². The molecule has 1 aliphatic heterocycles. The van der Waals surface area contributed by atoms with Gasteiger partial charge in [0.25, 0.3) is 0 Å². The van der Waals surface area contributed by atoms with Crippen molar-refractivity contribution in [1.82, 2.24) is 4.90 Å². The summed E-state index contributed by atoms with van der Waals surface area (Å²) in [4.78, 5) is 14.1. The molecule has 1 amide bonds. The monoisotopic (exact) mass is 240 g/mol. The van der Waals surface area contributed by atoms with Gasteiger partial charge in [0.05, 0.1) is 6.07 Å². The Morgan fingerprint density at radius 1 is 1.56 bits per heavy atom. The molecule has 1 heterocycles. The second kappa shape index (κ2) is 5.58. The number of rotatable bonds is 4. The van der Waals surface area contributed by atoms with Crippen LogP contribution in [0.4, 0.5) is 0 Å². The van der Waals surface area contributed by atoms with Crippen LogP contribution in [0.5, 0.6) is 0 Å². The maximum Gasteiger partial charge on any atom is 0.243 e. The normalized spacial score (nSPS) is 20.5. The molecule has 1 saturated heterocycles. The predicted molar refractivity (Wildman–Crippen MR) is 67.1 cm³/mol. The van der Waals surface area contributed by atoms with Gasteiger partial charge < -0.3 is 4.90 Å². The van der Waals surface area contributed by atoms with E-state index in [0.717, 1.165) is 17.9 Å². The van der Waals surface area contributed by atoms with Crippen molar-refractivity contribution in [3.63, 3.8) is 0 Å². The van der Waals surface area contributed by atoms with Crippen LogP contribution in [0, 0.1) is 16.7 Å². The molecule has 90 valence electrons. The molecule has 1 rings (SSSR count). The van der Waals surface area contributed by atoms with E-state index in [1.807, 2.05) is 32.7 Å². The van der Waals surface area contributed by atoms with Crippen LogP contribution >= 0.6 is 11.8 Å². The Morgan fingerprint density at radius 3 is 2.56 bits per heavy atom. The first-order valence-electron chi connectivity index (χ1n) is 5.87. The van der Waals surface area contributed by atoms with Gasteiger partial charge >= 0.3 is 0 Å². The Balaban J connectivity index is 2.78. The van der Waals surface area contributed by atoms with Crippen LogP contribution in [-0.4, -0.2) is 35.4 Å². The first-order chi connectivity index (χ1) is 7.61. The summed E-state index contributed by atoms with van der Waals surface area (Å²) in [5.41, 5.74) is -0.804. The molecule has 0 aromatic rings. The van der Waals surface area contributed by atoms with Gasteiger partial charge in [0.15, 0.2) is 0 Å². The zero-order valence-electron chi connectivity index (χ0n) is 10.3. The Hall–Kier alpha value is -0.690. The van der Waals surface area contributed by atoms with Crippen LogP contribution in [0.15, 0.2) is 0 Å². The smallest absolute Gasteiger partial charge is 0.243 e. The molecule has 0 radical (unpaired) electrons. The maximum absolute atomic E-state index is 12.3. The summed E-state index contributed by atoms with van der Waals surface area (Å²) in [6.45, 7) is 3.84. The van der Waals surface area contributed by atoms with Crippen LogP contribution in [0.1, 0.15) is 33.1 Å². The number of nitrogens with zero attached hydrogens (tertiary/aromatic N) is 2. The molecule has 0 aromatic heterocycles. The van der Waals surface area contributed by atoms with Gasteiger partial charge in [-0.3, -0.25) is 4.79 Å². The van der Waals surface area contributed by atoms with Crippen molar-refractivity contribution in [1.29, 1.82) is 5.26 Å². The summed E-state index contributed by atoms with van der Waals surface area (Å²) in [5, 5.41) is 9.24. The number of carbonyl (C=O) groups excluding carboxylic acids is 1. The van der Waals surface area contributed by atoms with E-state index in [9.17, 15) is 10.1 Å². The van der Waals surface area contributed by atoms with Crippen LogP contribution in [0.3, 0.4) is 0 Å². The quantitative estimate of drug-likeness (QED) is 0.757. The fourth-order valence-corrected chi connectivity index (χ4v) is 3.36. The van der Waals surface area contributed by atoms with Crippen molar-refractivity contribution < 1.29 is 4.79 Å². The zero-order chi connectivity index (χ0) is 12.2. The molecule has 4 heteroatoms. The van der Waals surface area contributed by atoms with Gasteiger partial charge in [-0.05, 0) is 25.0 Å². The van der Waals surface area contributed by atoms with Gasteiger partial charge in [-0.15, -0.1) is 0 Å². The standard InChI is InChI=1S/C12H20N2OS/c1-4-12(5-2,9-13)11(15)14(3)10-6-7-16-8-10/h10H,4-8H2,1-3H3. The van der Waals surface area contributed by atoms with Crippen LogP contribution in [-0.2, 0) is 4.79 Å². The summed E-state index contributed by atoms with van der Waals surface area (Å²) < 4.78 is 0. The van der Waals surface area contributed by atoms with Crippen molar-refractivity contribution in [2.24, 2.45) is 5.41 Å². The lowest BCUT2D eigenvalue weighted by atomic mass is 9.82. The van der Waals surface area contributed by atoms with Crippen LogP contribution < -0.4 is 0 Å². The minimum Gasteiger partial charge on any atom is -0.341 e. The third kappa shape index (κ3) is 2.35. The maximum atomic E-state index is 12.3. The van der Waals surface area contributed by atoms with Gasteiger partial charge in [-0.2, -0.15) is 17.0 Å². The minimum atomic E-state index is -0.804. The summed E-state index contributed by atoms with van der Waals surface area (Å²) in [6.07, 6.45) is 2.26. The number of thioether (sulfide) groups is 1. The molecule has 1 atom stereocenters. The van der Waals surface area contributed by atoms with Crippen LogP contribution in [0.2, 0.25) is 0 Å². The van der Waals surface area contributed by atoms with Crippen molar-refractivity contribution in [2.45, 2.75) is 39.2 Å². The van der Waals surface area contributed by atoms with Gasteiger partial charge in [0, 0.05) is 18.8 Å². The van der Waals surface area contributed by atoms with E-state index in [1.54, 1.807) is 4.90 Å². The first kappa shape index (κ1) is 13.4. The minimum absolute atomic E-state index is 0.00694. The molecule has 1 aliphatic rings. The lowest BCUT2D eigenvalue weighted by molar-refractivity contribution is -0.139. The SMILES string of the molecule is CCC(C#N)(CC)C(=O)N(C)C1CCSC1. The summed E-state index contributed by atoms with van der Waals surface area (Å²) in [6, 6.07) is 2.54. The van der Waals surface area contributed by atoms with E-state index < -0.39 is 5.41 Å². The molecule has 0 saturated carbocycles. The number of carbonyl (C=O) groups is 1. The number of amides is 1. The molecule has 16 heavy (non-hydrogen) atoms. The second-order valence-corrected chi connectivity index (χ2v) is 5.48. The third-order valence-corrected chi connectivity index (χ3v) is 4.75. The zero-order valence-corrected chi connectivity index (χ0v) is 11.1. The molecule has 1 unspecified atom stereocenters. The highest BCUT2D eigenvalue weighted by molar-refractivity contribution is 7.99. The predicted octanol–water partition coefficient (Wildman–Crippen LogP) is 2.28. The van der Waals surface area contributed by atoms with E-state index in [2.05, 4.69) is 6.07 Å². The van der Waals surface area contributed by atoms with Gasteiger partial charge in [0.1, 0.15) is 5.41 Å². The number of hydrogen-bond acceptors (Lipinski definition) is 3. The lowest BCUT2D eigenvalue weighted by Crippen LogP contribution is -2.45. The molecule has 0 aromatic carbocycles. The van der Waals surface area contributed by atoms with Gasteiger partial charge in [-0.25, -0.2) is 0 Å². The fourth-order valence-electron chi connectivity index (χ4n) is 2.09. The second-order valence-electron chi connectivity index (χ2n) is 4.33. The van der Waals surface area contributed by atoms with Gasteiger partial charge in [-0.1, -0.05) is 13.8 Å². The summed E-state index contributed by atoms with van der Waals surface area (Å²) >= 11 is 1.88. The Bertz CT molecular complexity index is 288. The molecule has 0 N–H and O–H groups in total. The van der Waals surface area contributed by atoms with E-state index in [-0.39, 0.29) is 5.91 Å². The lowest BCUT2D eigenvalue weighted by Gasteiger charge is -2.32. The highest BCUT2D eigenvalue weighted by atomic mass is 32.2. The van der Waals surface area contributed by atoms with Gasteiger partial charge in [0.2, 0.25) is 5.91 Å². The number of hydrogen-bond donors (Lipinski definition) is 0. The highest BCUT2D eigenvalue weighted by Crippen LogP contribution is 2.31. The van der Waals surface area contributed by atoms with Crippen molar-refractivity contribution in [2.75, 3.05) is 18.6 Å². The third-order valence-electron chi connectivity index (χ3n) is 3.60. The number of nitriles is 1. The molecule has 0 bridgehead atoms.